The molecule has 0 saturated carbocycles. The lowest BCUT2D eigenvalue weighted by atomic mass is 10.1. The fraction of sp³-hybridized carbons (Fsp3) is 0.294. The summed E-state index contributed by atoms with van der Waals surface area (Å²) in [7, 11) is 1.81. The Morgan fingerprint density at radius 1 is 1.18 bits per heavy atom. The van der Waals surface area contributed by atoms with Gasteiger partial charge in [-0.15, -0.1) is 0 Å². The van der Waals surface area contributed by atoms with E-state index in [1.54, 1.807) is 11.1 Å². The number of hydrazine groups is 1. The summed E-state index contributed by atoms with van der Waals surface area (Å²) in [5, 5.41) is 0. The van der Waals surface area contributed by atoms with Gasteiger partial charge in [-0.2, -0.15) is 0 Å². The van der Waals surface area contributed by atoms with Crippen LogP contribution in [0.3, 0.4) is 0 Å². The Labute approximate surface area is 130 Å². The lowest BCUT2D eigenvalue weighted by Gasteiger charge is -2.21. The summed E-state index contributed by atoms with van der Waals surface area (Å²) in [6.45, 7) is 2.03. The van der Waals surface area contributed by atoms with Crippen LogP contribution >= 0.6 is 0 Å². The van der Waals surface area contributed by atoms with E-state index in [1.807, 2.05) is 56.4 Å². The SMILES string of the molecule is Cc1ccc(N(C)C(=O)C2CC(c3ccccn3)NN2)cc1. The molecule has 2 aromatic rings. The minimum absolute atomic E-state index is 0.0507. The van der Waals surface area contributed by atoms with Crippen LogP contribution in [0, 0.1) is 6.92 Å². The molecule has 1 aliphatic heterocycles. The number of aromatic nitrogens is 1. The Morgan fingerprint density at radius 2 is 1.95 bits per heavy atom. The van der Waals surface area contributed by atoms with Gasteiger partial charge >= 0.3 is 0 Å². The number of benzene rings is 1. The lowest BCUT2D eigenvalue weighted by molar-refractivity contribution is -0.120. The molecular weight excluding hydrogens is 276 g/mol. The van der Waals surface area contributed by atoms with E-state index < -0.39 is 0 Å². The number of likely N-dealkylation sites (N-methyl/N-ethyl adjacent to an activating group) is 1. The second-order valence-corrected chi connectivity index (χ2v) is 5.62. The Balaban J connectivity index is 1.67. The molecule has 2 N–H and O–H groups in total. The zero-order chi connectivity index (χ0) is 15.5. The molecule has 1 fully saturated rings. The van der Waals surface area contributed by atoms with Gasteiger partial charge in [0.2, 0.25) is 5.91 Å². The molecule has 5 heteroatoms. The molecule has 0 bridgehead atoms. The van der Waals surface area contributed by atoms with Crippen molar-refractivity contribution in [3.05, 3.63) is 59.9 Å². The van der Waals surface area contributed by atoms with E-state index in [1.165, 1.54) is 5.56 Å². The zero-order valence-corrected chi connectivity index (χ0v) is 12.8. The van der Waals surface area contributed by atoms with Crippen molar-refractivity contribution in [2.24, 2.45) is 0 Å². The van der Waals surface area contributed by atoms with Crippen molar-refractivity contribution in [2.45, 2.75) is 25.4 Å². The molecule has 1 amide bonds. The van der Waals surface area contributed by atoms with Crippen LogP contribution in [0.25, 0.3) is 0 Å². The normalized spacial score (nSPS) is 20.8. The average Bonchev–Trinajstić information content (AvgIpc) is 3.05. The number of aryl methyl sites for hydroxylation is 1. The van der Waals surface area contributed by atoms with E-state index in [4.69, 9.17) is 0 Å². The van der Waals surface area contributed by atoms with Crippen LogP contribution in [0.2, 0.25) is 0 Å². The van der Waals surface area contributed by atoms with Gasteiger partial charge in [0.15, 0.2) is 0 Å². The third kappa shape index (κ3) is 3.00. The first-order valence-electron chi connectivity index (χ1n) is 7.41. The molecule has 0 spiro atoms. The average molecular weight is 296 g/mol. The highest BCUT2D eigenvalue weighted by Crippen LogP contribution is 2.22. The van der Waals surface area contributed by atoms with Crippen LogP contribution in [0.5, 0.6) is 0 Å². The van der Waals surface area contributed by atoms with E-state index in [0.29, 0.717) is 6.42 Å². The molecule has 1 aromatic heterocycles. The highest BCUT2D eigenvalue weighted by Gasteiger charge is 2.32. The standard InChI is InChI=1S/C17H20N4O/c1-12-6-8-13(9-7-12)21(2)17(22)16-11-15(19-20-16)14-5-3-4-10-18-14/h3-10,15-16,19-20H,11H2,1-2H3. The maximum Gasteiger partial charge on any atom is 0.245 e. The largest absolute Gasteiger partial charge is 0.314 e. The van der Waals surface area contributed by atoms with Crippen molar-refractivity contribution < 1.29 is 4.79 Å². The molecule has 114 valence electrons. The van der Waals surface area contributed by atoms with Gasteiger partial charge in [-0.1, -0.05) is 23.8 Å². The second-order valence-electron chi connectivity index (χ2n) is 5.62. The van der Waals surface area contributed by atoms with Crippen molar-refractivity contribution in [1.82, 2.24) is 15.8 Å². The second kappa shape index (κ2) is 6.25. The number of hydrogen-bond acceptors (Lipinski definition) is 4. The summed E-state index contributed by atoms with van der Waals surface area (Å²) in [5.41, 5.74) is 9.28. The summed E-state index contributed by atoms with van der Waals surface area (Å²) in [4.78, 5) is 18.6. The van der Waals surface area contributed by atoms with Crippen LogP contribution in [-0.4, -0.2) is 24.0 Å². The predicted molar refractivity (Wildman–Crippen MR) is 86.2 cm³/mol. The van der Waals surface area contributed by atoms with Crippen LogP contribution in [0.15, 0.2) is 48.7 Å². The summed E-state index contributed by atoms with van der Waals surface area (Å²) in [6.07, 6.45) is 2.45. The number of nitrogens with zero attached hydrogens (tertiary/aromatic N) is 2. The fourth-order valence-electron chi connectivity index (χ4n) is 2.62. The van der Waals surface area contributed by atoms with Gasteiger partial charge in [0, 0.05) is 18.9 Å². The Kier molecular flexibility index (Phi) is 4.18. The molecule has 1 aromatic carbocycles. The molecule has 2 heterocycles. The number of pyridine rings is 1. The highest BCUT2D eigenvalue weighted by molar-refractivity contribution is 5.96. The van der Waals surface area contributed by atoms with Crippen molar-refractivity contribution >= 4 is 11.6 Å². The van der Waals surface area contributed by atoms with Crippen molar-refractivity contribution in [2.75, 3.05) is 11.9 Å². The van der Waals surface area contributed by atoms with Gasteiger partial charge in [-0.3, -0.25) is 9.78 Å². The number of rotatable bonds is 3. The summed E-state index contributed by atoms with van der Waals surface area (Å²) >= 11 is 0. The summed E-state index contributed by atoms with van der Waals surface area (Å²) < 4.78 is 0. The molecule has 0 radical (unpaired) electrons. The van der Waals surface area contributed by atoms with E-state index in [0.717, 1.165) is 11.4 Å². The van der Waals surface area contributed by atoms with E-state index in [2.05, 4.69) is 15.8 Å². The monoisotopic (exact) mass is 296 g/mol. The third-order valence-corrected chi connectivity index (χ3v) is 4.00. The topological polar surface area (TPSA) is 57.3 Å². The quantitative estimate of drug-likeness (QED) is 0.909. The highest BCUT2D eigenvalue weighted by atomic mass is 16.2. The van der Waals surface area contributed by atoms with Gasteiger partial charge in [0.05, 0.1) is 11.7 Å². The molecule has 1 aliphatic rings. The van der Waals surface area contributed by atoms with Gasteiger partial charge in [-0.25, -0.2) is 10.9 Å². The maximum atomic E-state index is 12.6. The predicted octanol–water partition coefficient (Wildman–Crippen LogP) is 1.96. The molecule has 0 aliphatic carbocycles. The molecule has 1 saturated heterocycles. The van der Waals surface area contributed by atoms with Crippen molar-refractivity contribution in [1.29, 1.82) is 0 Å². The molecule has 5 nitrogen and oxygen atoms in total. The van der Waals surface area contributed by atoms with Crippen LogP contribution < -0.4 is 15.8 Å². The first kappa shape index (κ1) is 14.7. The van der Waals surface area contributed by atoms with E-state index in [-0.39, 0.29) is 18.0 Å². The van der Waals surface area contributed by atoms with Crippen LogP contribution in [0.1, 0.15) is 23.7 Å². The number of carbonyl (C=O) groups is 1. The zero-order valence-electron chi connectivity index (χ0n) is 12.8. The Morgan fingerprint density at radius 3 is 2.64 bits per heavy atom. The van der Waals surface area contributed by atoms with E-state index in [9.17, 15) is 4.79 Å². The Hall–Kier alpha value is -2.24. The minimum Gasteiger partial charge on any atom is -0.314 e. The van der Waals surface area contributed by atoms with Crippen LogP contribution in [0.4, 0.5) is 5.69 Å². The lowest BCUT2D eigenvalue weighted by Crippen LogP contribution is -2.44. The van der Waals surface area contributed by atoms with Gasteiger partial charge in [-0.05, 0) is 37.6 Å². The third-order valence-electron chi connectivity index (χ3n) is 4.00. The van der Waals surface area contributed by atoms with Gasteiger partial charge in [0.25, 0.3) is 0 Å². The van der Waals surface area contributed by atoms with Gasteiger partial charge < -0.3 is 4.90 Å². The van der Waals surface area contributed by atoms with Crippen LogP contribution in [-0.2, 0) is 4.79 Å². The maximum absolute atomic E-state index is 12.6. The first-order chi connectivity index (χ1) is 10.6. The first-order valence-corrected chi connectivity index (χ1v) is 7.41. The summed E-state index contributed by atoms with van der Waals surface area (Å²) in [5.74, 6) is 0.0507. The van der Waals surface area contributed by atoms with Crippen molar-refractivity contribution in [3.63, 3.8) is 0 Å². The van der Waals surface area contributed by atoms with Gasteiger partial charge in [0.1, 0.15) is 6.04 Å². The molecule has 3 rings (SSSR count). The molecule has 22 heavy (non-hydrogen) atoms. The number of anilines is 1. The fourth-order valence-corrected chi connectivity index (χ4v) is 2.62. The van der Waals surface area contributed by atoms with E-state index >= 15 is 0 Å². The summed E-state index contributed by atoms with van der Waals surface area (Å²) in [6, 6.07) is 13.6. The smallest absolute Gasteiger partial charge is 0.245 e. The molecule has 2 unspecified atom stereocenters. The number of carbonyl (C=O) groups excluding carboxylic acids is 1. The Bertz CT molecular complexity index is 641. The molecular formula is C17H20N4O. The number of amides is 1. The molecule has 2 atom stereocenters. The number of hydrogen-bond donors (Lipinski definition) is 2. The minimum atomic E-state index is -0.252. The number of nitrogens with one attached hydrogen (secondary N) is 2. The van der Waals surface area contributed by atoms with Crippen molar-refractivity contribution in [3.8, 4) is 0 Å².